The molecule has 0 aliphatic heterocycles. The lowest BCUT2D eigenvalue weighted by atomic mass is 10.1. The molecule has 0 unspecified atom stereocenters. The number of thioether (sulfide) groups is 1. The molecule has 0 bridgehead atoms. The van der Waals surface area contributed by atoms with Crippen LogP contribution in [-0.2, 0) is 17.8 Å². The smallest absolute Gasteiger partial charge is 0.220 e. The molecule has 1 rings (SSSR count). The third-order valence-corrected chi connectivity index (χ3v) is 3.68. The van der Waals surface area contributed by atoms with Crippen molar-refractivity contribution in [3.63, 3.8) is 0 Å². The maximum absolute atomic E-state index is 11.6. The molecule has 1 aromatic rings. The van der Waals surface area contributed by atoms with Gasteiger partial charge in [-0.15, -0.1) is 10.2 Å². The van der Waals surface area contributed by atoms with Gasteiger partial charge in [-0.3, -0.25) is 4.79 Å². The zero-order valence-electron chi connectivity index (χ0n) is 13.8. The largest absolute Gasteiger partial charge is 0.356 e. The minimum atomic E-state index is 0.137. The van der Waals surface area contributed by atoms with Gasteiger partial charge in [-0.05, 0) is 24.5 Å². The second kappa shape index (κ2) is 9.07. The van der Waals surface area contributed by atoms with Crippen LogP contribution in [0, 0.1) is 11.8 Å². The highest BCUT2D eigenvalue weighted by Crippen LogP contribution is 2.16. The van der Waals surface area contributed by atoms with Gasteiger partial charge in [-0.25, -0.2) is 0 Å². The summed E-state index contributed by atoms with van der Waals surface area (Å²) in [6, 6.07) is 0. The van der Waals surface area contributed by atoms with E-state index in [1.807, 2.05) is 6.26 Å². The number of hydrogen-bond acceptors (Lipinski definition) is 4. The molecular weight excluding hydrogens is 284 g/mol. The first-order valence-corrected chi connectivity index (χ1v) is 8.89. The predicted octanol–water partition coefficient (Wildman–Crippen LogP) is 2.75. The van der Waals surface area contributed by atoms with Crippen LogP contribution in [0.3, 0.4) is 0 Å². The summed E-state index contributed by atoms with van der Waals surface area (Å²) in [6.45, 7) is 10.1. The first-order chi connectivity index (χ1) is 9.93. The Hall–Kier alpha value is -1.04. The highest BCUT2D eigenvalue weighted by atomic mass is 32.2. The first-order valence-electron chi connectivity index (χ1n) is 7.66. The van der Waals surface area contributed by atoms with Crippen LogP contribution in [0.1, 0.15) is 46.4 Å². The Kier molecular flexibility index (Phi) is 7.78. The van der Waals surface area contributed by atoms with Crippen LogP contribution >= 0.6 is 11.8 Å². The van der Waals surface area contributed by atoms with Gasteiger partial charge < -0.3 is 9.88 Å². The Balaban J connectivity index is 2.44. The molecule has 1 N–H and O–H groups in total. The number of nitrogens with zero attached hydrogens (tertiary/aromatic N) is 3. The zero-order chi connectivity index (χ0) is 15.8. The molecule has 0 fully saturated rings. The molecular formula is C15H28N4OS. The average molecular weight is 312 g/mol. The van der Waals surface area contributed by atoms with Crippen LogP contribution < -0.4 is 5.32 Å². The molecule has 1 heterocycles. The van der Waals surface area contributed by atoms with E-state index in [1.54, 1.807) is 11.8 Å². The molecule has 6 heteroatoms. The minimum absolute atomic E-state index is 0.137. The van der Waals surface area contributed by atoms with E-state index in [4.69, 9.17) is 0 Å². The van der Waals surface area contributed by atoms with Crippen LogP contribution in [-0.4, -0.2) is 33.5 Å². The molecule has 0 aromatic carbocycles. The maximum Gasteiger partial charge on any atom is 0.220 e. The summed E-state index contributed by atoms with van der Waals surface area (Å²) in [4.78, 5) is 11.6. The highest BCUT2D eigenvalue weighted by Gasteiger charge is 2.12. The fourth-order valence-corrected chi connectivity index (χ4v) is 2.64. The Morgan fingerprint density at radius 2 is 1.95 bits per heavy atom. The van der Waals surface area contributed by atoms with E-state index in [9.17, 15) is 4.79 Å². The van der Waals surface area contributed by atoms with Gasteiger partial charge in [0.2, 0.25) is 5.91 Å². The van der Waals surface area contributed by atoms with E-state index >= 15 is 0 Å². The fourth-order valence-electron chi connectivity index (χ4n) is 2.12. The summed E-state index contributed by atoms with van der Waals surface area (Å²) in [5.74, 6) is 2.13. The second-order valence-corrected chi connectivity index (χ2v) is 6.93. The third-order valence-electron chi connectivity index (χ3n) is 3.02. The Bertz CT molecular complexity index is 443. The van der Waals surface area contributed by atoms with Crippen molar-refractivity contribution < 1.29 is 4.79 Å². The molecule has 1 aromatic heterocycles. The third kappa shape index (κ3) is 6.50. The number of aromatic nitrogens is 3. The Morgan fingerprint density at radius 3 is 2.52 bits per heavy atom. The van der Waals surface area contributed by atoms with Crippen molar-refractivity contribution in [2.75, 3.05) is 12.8 Å². The van der Waals surface area contributed by atoms with Gasteiger partial charge in [0.1, 0.15) is 5.82 Å². The van der Waals surface area contributed by atoms with Gasteiger partial charge in [-0.1, -0.05) is 39.5 Å². The first kappa shape index (κ1) is 18.0. The van der Waals surface area contributed by atoms with Crippen molar-refractivity contribution in [2.45, 2.75) is 58.7 Å². The topological polar surface area (TPSA) is 59.8 Å². The molecule has 0 aliphatic carbocycles. The number of rotatable bonds is 9. The number of carbonyl (C=O) groups is 1. The lowest BCUT2D eigenvalue weighted by molar-refractivity contribution is -0.121. The van der Waals surface area contributed by atoms with Gasteiger partial charge in [0, 0.05) is 25.9 Å². The van der Waals surface area contributed by atoms with Crippen molar-refractivity contribution in [1.82, 2.24) is 20.1 Å². The summed E-state index contributed by atoms with van der Waals surface area (Å²) < 4.78 is 2.20. The molecule has 0 aliphatic rings. The molecule has 120 valence electrons. The van der Waals surface area contributed by atoms with Gasteiger partial charge in [0.15, 0.2) is 5.16 Å². The van der Waals surface area contributed by atoms with E-state index in [0.29, 0.717) is 24.8 Å². The van der Waals surface area contributed by atoms with Crippen LogP contribution in [0.4, 0.5) is 0 Å². The van der Waals surface area contributed by atoms with E-state index in [1.165, 1.54) is 0 Å². The van der Waals surface area contributed by atoms with Gasteiger partial charge in [-0.2, -0.15) is 0 Å². The van der Waals surface area contributed by atoms with E-state index in [0.717, 1.165) is 30.4 Å². The van der Waals surface area contributed by atoms with Crippen molar-refractivity contribution >= 4 is 17.7 Å². The van der Waals surface area contributed by atoms with E-state index < -0.39 is 0 Å². The number of nitrogens with one attached hydrogen (secondary N) is 1. The van der Waals surface area contributed by atoms with Crippen LogP contribution in [0.25, 0.3) is 0 Å². The molecule has 21 heavy (non-hydrogen) atoms. The quantitative estimate of drug-likeness (QED) is 0.562. The number of amides is 1. The minimum Gasteiger partial charge on any atom is -0.356 e. The van der Waals surface area contributed by atoms with Crippen LogP contribution in [0.15, 0.2) is 5.16 Å². The summed E-state index contributed by atoms with van der Waals surface area (Å²) >= 11 is 1.63. The van der Waals surface area contributed by atoms with Crippen molar-refractivity contribution in [2.24, 2.45) is 11.8 Å². The SMILES string of the molecule is CSc1nnc(CCCNC(=O)CC(C)C)n1CC(C)C. The van der Waals surface area contributed by atoms with Gasteiger partial charge in [0.05, 0.1) is 0 Å². The Labute approximate surface area is 132 Å². The van der Waals surface area contributed by atoms with E-state index in [2.05, 4.69) is 47.8 Å². The zero-order valence-corrected chi connectivity index (χ0v) is 14.7. The lowest BCUT2D eigenvalue weighted by Gasteiger charge is -2.12. The standard InChI is InChI=1S/C15H28N4OS/c1-11(2)9-14(20)16-8-6-7-13-17-18-15(21-5)19(13)10-12(3)4/h11-12H,6-10H2,1-5H3,(H,16,20). The number of hydrogen-bond donors (Lipinski definition) is 1. The number of carbonyl (C=O) groups excluding carboxylic acids is 1. The molecule has 0 radical (unpaired) electrons. The molecule has 5 nitrogen and oxygen atoms in total. The summed E-state index contributed by atoms with van der Waals surface area (Å²) in [5.41, 5.74) is 0. The molecule has 0 saturated heterocycles. The monoisotopic (exact) mass is 312 g/mol. The lowest BCUT2D eigenvalue weighted by Crippen LogP contribution is -2.26. The summed E-state index contributed by atoms with van der Waals surface area (Å²) in [5, 5.41) is 12.5. The van der Waals surface area contributed by atoms with Gasteiger partial charge in [0.25, 0.3) is 0 Å². The fraction of sp³-hybridized carbons (Fsp3) is 0.800. The maximum atomic E-state index is 11.6. The van der Waals surface area contributed by atoms with E-state index in [-0.39, 0.29) is 5.91 Å². The molecule has 0 spiro atoms. The average Bonchev–Trinajstić information content (AvgIpc) is 2.75. The summed E-state index contributed by atoms with van der Waals surface area (Å²) in [7, 11) is 0. The van der Waals surface area contributed by atoms with Gasteiger partial charge >= 0.3 is 0 Å². The molecule has 0 atom stereocenters. The predicted molar refractivity (Wildman–Crippen MR) is 87.4 cm³/mol. The number of aryl methyl sites for hydroxylation is 1. The highest BCUT2D eigenvalue weighted by molar-refractivity contribution is 7.98. The molecule has 0 saturated carbocycles. The van der Waals surface area contributed by atoms with Crippen LogP contribution in [0.2, 0.25) is 0 Å². The van der Waals surface area contributed by atoms with Crippen LogP contribution in [0.5, 0.6) is 0 Å². The summed E-state index contributed by atoms with van der Waals surface area (Å²) in [6.07, 6.45) is 4.37. The molecule has 1 amide bonds. The van der Waals surface area contributed by atoms with Crippen molar-refractivity contribution in [3.8, 4) is 0 Å². The van der Waals surface area contributed by atoms with Crippen molar-refractivity contribution in [3.05, 3.63) is 5.82 Å². The second-order valence-electron chi connectivity index (χ2n) is 6.16. The Morgan fingerprint density at radius 1 is 1.24 bits per heavy atom. The normalized spacial score (nSPS) is 11.4. The van der Waals surface area contributed by atoms with Crippen molar-refractivity contribution in [1.29, 1.82) is 0 Å².